The number of aryl methyl sites for hydroxylation is 2. The van der Waals surface area contributed by atoms with Crippen LogP contribution in [0.25, 0.3) is 0 Å². The average Bonchev–Trinajstić information content (AvgIpc) is 2.95. The van der Waals surface area contributed by atoms with Gasteiger partial charge >= 0.3 is 5.97 Å². The van der Waals surface area contributed by atoms with E-state index in [4.69, 9.17) is 4.74 Å². The molecule has 5 nitrogen and oxygen atoms in total. The molecular weight excluding hydrogens is 312 g/mol. The Morgan fingerprint density at radius 1 is 1.43 bits per heavy atom. The van der Waals surface area contributed by atoms with Gasteiger partial charge in [-0.1, -0.05) is 13.8 Å². The molecule has 1 aromatic rings. The van der Waals surface area contributed by atoms with Crippen molar-refractivity contribution in [2.75, 3.05) is 13.1 Å². The van der Waals surface area contributed by atoms with Crippen LogP contribution in [-0.4, -0.2) is 34.8 Å². The Morgan fingerprint density at radius 2 is 2.17 bits per heavy atom. The number of hydrogen-bond acceptors (Lipinski definition) is 5. The van der Waals surface area contributed by atoms with Gasteiger partial charge in [-0.05, 0) is 33.1 Å². The molecule has 2 atom stereocenters. The van der Waals surface area contributed by atoms with Crippen molar-refractivity contribution in [3.05, 3.63) is 15.6 Å². The van der Waals surface area contributed by atoms with Gasteiger partial charge in [0.25, 0.3) is 0 Å². The Kier molecular flexibility index (Phi) is 6.16. The SMILES string of the molecule is CCC(=O)N1CCC[C@@H](C(=O)O[C@H](C)c2sc(CC)nc2C)C1. The zero-order valence-corrected chi connectivity index (χ0v) is 15.2. The van der Waals surface area contributed by atoms with Gasteiger partial charge in [-0.2, -0.15) is 0 Å². The molecule has 2 rings (SSSR count). The maximum Gasteiger partial charge on any atom is 0.311 e. The number of thiazole rings is 1. The Bertz CT molecular complexity index is 570. The lowest BCUT2D eigenvalue weighted by Crippen LogP contribution is -2.42. The minimum atomic E-state index is -0.280. The van der Waals surface area contributed by atoms with Gasteiger partial charge in [0.05, 0.1) is 21.5 Å². The molecule has 1 amide bonds. The van der Waals surface area contributed by atoms with Crippen LogP contribution in [0.15, 0.2) is 0 Å². The summed E-state index contributed by atoms with van der Waals surface area (Å²) in [6.45, 7) is 9.01. The van der Waals surface area contributed by atoms with Gasteiger partial charge in [0, 0.05) is 19.5 Å². The van der Waals surface area contributed by atoms with Crippen LogP contribution in [-0.2, 0) is 20.7 Å². The lowest BCUT2D eigenvalue weighted by Gasteiger charge is -2.32. The van der Waals surface area contributed by atoms with Crippen molar-refractivity contribution in [3.8, 4) is 0 Å². The summed E-state index contributed by atoms with van der Waals surface area (Å²) in [7, 11) is 0. The van der Waals surface area contributed by atoms with Gasteiger partial charge < -0.3 is 9.64 Å². The molecular formula is C17H26N2O3S. The van der Waals surface area contributed by atoms with Crippen molar-refractivity contribution in [1.29, 1.82) is 0 Å². The number of aromatic nitrogens is 1. The smallest absolute Gasteiger partial charge is 0.311 e. The number of esters is 1. The van der Waals surface area contributed by atoms with Crippen LogP contribution in [0.5, 0.6) is 0 Å². The molecule has 0 bridgehead atoms. The number of nitrogens with zero attached hydrogens (tertiary/aromatic N) is 2. The Hall–Kier alpha value is -1.43. The predicted molar refractivity (Wildman–Crippen MR) is 90.3 cm³/mol. The zero-order chi connectivity index (χ0) is 17.0. The first-order valence-corrected chi connectivity index (χ1v) is 9.22. The van der Waals surface area contributed by atoms with Gasteiger partial charge in [0.15, 0.2) is 0 Å². The monoisotopic (exact) mass is 338 g/mol. The van der Waals surface area contributed by atoms with Crippen LogP contribution in [0.4, 0.5) is 0 Å². The van der Waals surface area contributed by atoms with Crippen LogP contribution < -0.4 is 0 Å². The number of rotatable bonds is 5. The van der Waals surface area contributed by atoms with Gasteiger partial charge in [-0.15, -0.1) is 11.3 Å². The summed E-state index contributed by atoms with van der Waals surface area (Å²) >= 11 is 1.61. The van der Waals surface area contributed by atoms with E-state index in [-0.39, 0.29) is 23.9 Å². The molecule has 0 N–H and O–H groups in total. The highest BCUT2D eigenvalue weighted by atomic mass is 32.1. The Morgan fingerprint density at radius 3 is 2.78 bits per heavy atom. The molecule has 0 aliphatic carbocycles. The van der Waals surface area contributed by atoms with E-state index in [0.29, 0.717) is 13.0 Å². The lowest BCUT2D eigenvalue weighted by molar-refractivity contribution is -0.156. The van der Waals surface area contributed by atoms with Gasteiger partial charge in [0.2, 0.25) is 5.91 Å². The highest BCUT2D eigenvalue weighted by molar-refractivity contribution is 7.11. The third-order valence-corrected chi connectivity index (χ3v) is 5.71. The quantitative estimate of drug-likeness (QED) is 0.773. The Balaban J connectivity index is 1.97. The van der Waals surface area contributed by atoms with Crippen molar-refractivity contribution < 1.29 is 14.3 Å². The number of carbonyl (C=O) groups excluding carboxylic acids is 2. The number of amides is 1. The van der Waals surface area contributed by atoms with E-state index in [2.05, 4.69) is 11.9 Å². The molecule has 0 unspecified atom stereocenters. The summed E-state index contributed by atoms with van der Waals surface area (Å²) in [5.41, 5.74) is 0.943. The molecule has 0 radical (unpaired) electrons. The van der Waals surface area contributed by atoms with Crippen LogP contribution in [0.3, 0.4) is 0 Å². The normalized spacial score (nSPS) is 19.5. The molecule has 2 heterocycles. The fraction of sp³-hybridized carbons (Fsp3) is 0.706. The second-order valence-corrected chi connectivity index (χ2v) is 7.14. The van der Waals surface area contributed by atoms with Crippen molar-refractivity contribution in [1.82, 2.24) is 9.88 Å². The van der Waals surface area contributed by atoms with E-state index in [1.165, 1.54) is 0 Å². The first-order valence-electron chi connectivity index (χ1n) is 8.40. The summed E-state index contributed by atoms with van der Waals surface area (Å²) in [5.74, 6) is -0.293. The topological polar surface area (TPSA) is 59.5 Å². The summed E-state index contributed by atoms with van der Waals surface area (Å²) < 4.78 is 5.67. The van der Waals surface area contributed by atoms with Gasteiger partial charge in [0.1, 0.15) is 6.10 Å². The second-order valence-electron chi connectivity index (χ2n) is 6.02. The fourth-order valence-corrected chi connectivity index (χ4v) is 3.93. The summed E-state index contributed by atoms with van der Waals surface area (Å²) in [6, 6.07) is 0. The molecule has 6 heteroatoms. The third kappa shape index (κ3) is 4.31. The number of carbonyl (C=O) groups is 2. The predicted octanol–water partition coefficient (Wildman–Crippen LogP) is 3.27. The molecule has 23 heavy (non-hydrogen) atoms. The van der Waals surface area contributed by atoms with Crippen LogP contribution >= 0.6 is 11.3 Å². The summed E-state index contributed by atoms with van der Waals surface area (Å²) in [4.78, 5) is 31.6. The first-order chi connectivity index (χ1) is 11.0. The number of piperidine rings is 1. The van der Waals surface area contributed by atoms with Crippen LogP contribution in [0, 0.1) is 12.8 Å². The average molecular weight is 338 g/mol. The van der Waals surface area contributed by atoms with Gasteiger partial charge in [-0.25, -0.2) is 4.98 Å². The first kappa shape index (κ1) is 17.9. The second kappa shape index (κ2) is 7.90. The number of hydrogen-bond donors (Lipinski definition) is 0. The minimum Gasteiger partial charge on any atom is -0.457 e. The minimum absolute atomic E-state index is 0.112. The van der Waals surface area contributed by atoms with Crippen LogP contribution in [0.1, 0.15) is 61.7 Å². The molecule has 0 saturated carbocycles. The third-order valence-electron chi connectivity index (χ3n) is 4.25. The van der Waals surface area contributed by atoms with Crippen molar-refractivity contribution >= 4 is 23.2 Å². The van der Waals surface area contributed by atoms with E-state index >= 15 is 0 Å². The molecule has 0 aromatic carbocycles. The van der Waals surface area contributed by atoms with E-state index in [1.54, 1.807) is 16.2 Å². The standard InChI is InChI=1S/C17H26N2O3S/c1-5-14-18-11(3)16(23-14)12(4)22-17(21)13-8-7-9-19(10-13)15(20)6-2/h12-13H,5-10H2,1-4H3/t12-,13-/m1/s1. The van der Waals surface area contributed by atoms with E-state index in [0.717, 1.165) is 41.4 Å². The highest BCUT2D eigenvalue weighted by Crippen LogP contribution is 2.29. The van der Waals surface area contributed by atoms with Crippen molar-refractivity contribution in [3.63, 3.8) is 0 Å². The maximum atomic E-state index is 12.4. The molecule has 128 valence electrons. The fourth-order valence-electron chi connectivity index (χ4n) is 2.94. The van der Waals surface area contributed by atoms with E-state index in [1.807, 2.05) is 20.8 Å². The summed E-state index contributed by atoms with van der Waals surface area (Å²) in [5, 5.41) is 1.07. The van der Waals surface area contributed by atoms with Crippen molar-refractivity contribution in [2.24, 2.45) is 5.92 Å². The largest absolute Gasteiger partial charge is 0.457 e. The molecule has 0 spiro atoms. The Labute approximate surface area is 142 Å². The van der Waals surface area contributed by atoms with E-state index in [9.17, 15) is 9.59 Å². The molecule has 1 aliphatic heterocycles. The summed E-state index contributed by atoms with van der Waals surface area (Å²) in [6.07, 6.45) is 2.75. The lowest BCUT2D eigenvalue weighted by atomic mass is 9.98. The molecule has 1 fully saturated rings. The molecule has 1 saturated heterocycles. The highest BCUT2D eigenvalue weighted by Gasteiger charge is 2.30. The number of ether oxygens (including phenoxy) is 1. The van der Waals surface area contributed by atoms with Crippen molar-refractivity contribution in [2.45, 2.75) is 59.5 Å². The molecule has 1 aliphatic rings. The zero-order valence-electron chi connectivity index (χ0n) is 14.4. The van der Waals surface area contributed by atoms with E-state index < -0.39 is 0 Å². The van der Waals surface area contributed by atoms with Crippen LogP contribution in [0.2, 0.25) is 0 Å². The van der Waals surface area contributed by atoms with Gasteiger partial charge in [-0.3, -0.25) is 9.59 Å². The number of likely N-dealkylation sites (tertiary alicyclic amines) is 1. The molecule has 1 aromatic heterocycles. The maximum absolute atomic E-state index is 12.4.